The molecule has 0 saturated carbocycles. The summed E-state index contributed by atoms with van der Waals surface area (Å²) in [5, 5.41) is 1.12. The monoisotopic (exact) mass is 280 g/mol. The highest BCUT2D eigenvalue weighted by Crippen LogP contribution is 2.39. The maximum absolute atomic E-state index is 5.43. The SMILES string of the molecule is CC(C)(C)SCC1(CBr)CCOCC1. The summed E-state index contributed by atoms with van der Waals surface area (Å²) in [4.78, 5) is 0. The highest BCUT2D eigenvalue weighted by Gasteiger charge is 2.32. The van der Waals surface area contributed by atoms with Crippen molar-refractivity contribution in [3.8, 4) is 0 Å². The van der Waals surface area contributed by atoms with Gasteiger partial charge in [0.15, 0.2) is 0 Å². The Labute approximate surface area is 100 Å². The predicted molar refractivity (Wildman–Crippen MR) is 68.5 cm³/mol. The Kier molecular flexibility index (Phi) is 4.79. The molecule has 1 nitrogen and oxygen atoms in total. The molecule has 0 aromatic carbocycles. The molecule has 1 heterocycles. The van der Waals surface area contributed by atoms with Crippen LogP contribution >= 0.6 is 27.7 Å². The second kappa shape index (κ2) is 5.22. The van der Waals surface area contributed by atoms with Crippen LogP contribution in [0.3, 0.4) is 0 Å². The second-order valence-electron chi connectivity index (χ2n) is 5.15. The molecule has 0 aliphatic carbocycles. The molecule has 0 atom stereocenters. The van der Waals surface area contributed by atoms with E-state index in [-0.39, 0.29) is 0 Å². The third-order valence-corrected chi connectivity index (χ3v) is 5.46. The van der Waals surface area contributed by atoms with E-state index in [1.165, 1.54) is 18.6 Å². The van der Waals surface area contributed by atoms with Gasteiger partial charge in [-0.05, 0) is 18.3 Å². The largest absolute Gasteiger partial charge is 0.381 e. The summed E-state index contributed by atoms with van der Waals surface area (Å²) in [5.41, 5.74) is 0.482. The zero-order valence-electron chi connectivity index (χ0n) is 9.44. The van der Waals surface area contributed by atoms with Crippen LogP contribution in [0.2, 0.25) is 0 Å². The zero-order chi connectivity index (χ0) is 10.7. The maximum atomic E-state index is 5.43. The maximum Gasteiger partial charge on any atom is 0.0471 e. The Morgan fingerprint density at radius 1 is 1.29 bits per heavy atom. The third-order valence-electron chi connectivity index (χ3n) is 2.65. The Hall–Kier alpha value is 0.790. The smallest absolute Gasteiger partial charge is 0.0471 e. The van der Waals surface area contributed by atoms with Crippen LogP contribution in [-0.4, -0.2) is 29.0 Å². The van der Waals surface area contributed by atoms with Crippen molar-refractivity contribution in [1.82, 2.24) is 0 Å². The number of hydrogen-bond donors (Lipinski definition) is 0. The highest BCUT2D eigenvalue weighted by molar-refractivity contribution is 9.09. The topological polar surface area (TPSA) is 9.23 Å². The zero-order valence-corrected chi connectivity index (χ0v) is 11.8. The van der Waals surface area contributed by atoms with Crippen LogP contribution in [0, 0.1) is 5.41 Å². The van der Waals surface area contributed by atoms with Gasteiger partial charge >= 0.3 is 0 Å². The molecule has 1 saturated heterocycles. The summed E-state index contributed by atoms with van der Waals surface area (Å²) in [5.74, 6) is 1.26. The van der Waals surface area contributed by atoms with Gasteiger partial charge in [-0.15, -0.1) is 0 Å². The van der Waals surface area contributed by atoms with Crippen LogP contribution in [-0.2, 0) is 4.74 Å². The van der Waals surface area contributed by atoms with Crippen LogP contribution in [0.4, 0.5) is 0 Å². The average molecular weight is 281 g/mol. The van der Waals surface area contributed by atoms with Gasteiger partial charge in [0.05, 0.1) is 0 Å². The normalized spacial score (nSPS) is 22.3. The first-order chi connectivity index (χ1) is 6.47. The van der Waals surface area contributed by atoms with E-state index >= 15 is 0 Å². The van der Waals surface area contributed by atoms with Crippen LogP contribution in [0.5, 0.6) is 0 Å². The van der Waals surface area contributed by atoms with Crippen molar-refractivity contribution in [2.45, 2.75) is 38.4 Å². The lowest BCUT2D eigenvalue weighted by molar-refractivity contribution is 0.0373. The summed E-state index contributed by atoms with van der Waals surface area (Å²) in [6, 6.07) is 0. The molecular weight excluding hydrogens is 260 g/mol. The number of halogens is 1. The molecule has 0 radical (unpaired) electrons. The number of rotatable bonds is 3. The molecule has 1 aliphatic rings. The fourth-order valence-corrected chi connectivity index (χ4v) is 3.64. The first-order valence-corrected chi connectivity index (χ1v) is 7.36. The van der Waals surface area contributed by atoms with E-state index in [1.54, 1.807) is 0 Å². The standard InChI is InChI=1S/C11H21BrOS/c1-10(2,3)14-9-11(8-12)4-6-13-7-5-11/h4-9H2,1-3H3. The summed E-state index contributed by atoms with van der Waals surface area (Å²) in [6.45, 7) is 8.75. The Morgan fingerprint density at radius 3 is 2.29 bits per heavy atom. The molecule has 1 aliphatic heterocycles. The minimum Gasteiger partial charge on any atom is -0.381 e. The highest BCUT2D eigenvalue weighted by atomic mass is 79.9. The van der Waals surface area contributed by atoms with Crippen molar-refractivity contribution in [2.24, 2.45) is 5.41 Å². The summed E-state index contributed by atoms with van der Waals surface area (Å²) in [6.07, 6.45) is 2.42. The van der Waals surface area contributed by atoms with Gasteiger partial charge in [0.1, 0.15) is 0 Å². The number of hydrogen-bond acceptors (Lipinski definition) is 2. The van der Waals surface area contributed by atoms with Gasteiger partial charge in [-0.2, -0.15) is 11.8 Å². The van der Waals surface area contributed by atoms with Crippen LogP contribution in [0.15, 0.2) is 0 Å². The fraction of sp³-hybridized carbons (Fsp3) is 1.00. The molecule has 0 N–H and O–H groups in total. The van der Waals surface area contributed by atoms with E-state index in [9.17, 15) is 0 Å². The van der Waals surface area contributed by atoms with Gasteiger partial charge < -0.3 is 4.74 Å². The minimum absolute atomic E-state index is 0.382. The van der Waals surface area contributed by atoms with Crippen LogP contribution < -0.4 is 0 Å². The second-order valence-corrected chi connectivity index (χ2v) is 7.51. The molecule has 1 fully saturated rings. The van der Waals surface area contributed by atoms with Crippen molar-refractivity contribution in [2.75, 3.05) is 24.3 Å². The molecular formula is C11H21BrOS. The minimum atomic E-state index is 0.382. The first-order valence-electron chi connectivity index (χ1n) is 5.25. The van der Waals surface area contributed by atoms with E-state index < -0.39 is 0 Å². The van der Waals surface area contributed by atoms with Crippen LogP contribution in [0.25, 0.3) is 0 Å². The molecule has 0 aromatic heterocycles. The Morgan fingerprint density at radius 2 is 1.86 bits per heavy atom. The van der Waals surface area contributed by atoms with Crippen molar-refractivity contribution in [3.63, 3.8) is 0 Å². The summed E-state index contributed by atoms with van der Waals surface area (Å²) >= 11 is 5.74. The van der Waals surface area contributed by atoms with Crippen molar-refractivity contribution in [1.29, 1.82) is 0 Å². The van der Waals surface area contributed by atoms with Gasteiger partial charge in [0, 0.05) is 29.0 Å². The van der Waals surface area contributed by atoms with Gasteiger partial charge in [0.2, 0.25) is 0 Å². The van der Waals surface area contributed by atoms with Crippen LogP contribution in [0.1, 0.15) is 33.6 Å². The first kappa shape index (κ1) is 12.9. The van der Waals surface area contributed by atoms with Crippen molar-refractivity contribution >= 4 is 27.7 Å². The number of alkyl halides is 1. The van der Waals surface area contributed by atoms with Gasteiger partial charge in [0.25, 0.3) is 0 Å². The Balaban J connectivity index is 2.44. The third kappa shape index (κ3) is 4.11. The van der Waals surface area contributed by atoms with Gasteiger partial charge in [-0.1, -0.05) is 36.7 Å². The average Bonchev–Trinajstić information content (AvgIpc) is 2.15. The fourth-order valence-electron chi connectivity index (χ4n) is 1.49. The molecule has 0 spiro atoms. The summed E-state index contributed by atoms with van der Waals surface area (Å²) < 4.78 is 5.81. The predicted octanol–water partition coefficient (Wildman–Crippen LogP) is 3.71. The molecule has 0 bridgehead atoms. The summed E-state index contributed by atoms with van der Waals surface area (Å²) in [7, 11) is 0. The van der Waals surface area contributed by atoms with Crippen molar-refractivity contribution in [3.05, 3.63) is 0 Å². The lowest BCUT2D eigenvalue weighted by Gasteiger charge is -2.37. The van der Waals surface area contributed by atoms with E-state index in [4.69, 9.17) is 4.74 Å². The van der Waals surface area contributed by atoms with Crippen molar-refractivity contribution < 1.29 is 4.74 Å². The lowest BCUT2D eigenvalue weighted by atomic mass is 9.84. The quantitative estimate of drug-likeness (QED) is 0.729. The molecule has 0 aromatic rings. The van der Waals surface area contributed by atoms with E-state index in [1.807, 2.05) is 0 Å². The Bertz CT molecular complexity index is 171. The van der Waals surface area contributed by atoms with E-state index in [0.29, 0.717) is 10.2 Å². The molecule has 84 valence electrons. The van der Waals surface area contributed by atoms with Gasteiger partial charge in [-0.3, -0.25) is 0 Å². The molecule has 1 rings (SSSR count). The molecule has 0 amide bonds. The van der Waals surface area contributed by atoms with E-state index in [2.05, 4.69) is 48.5 Å². The number of thioether (sulfide) groups is 1. The van der Waals surface area contributed by atoms with E-state index in [0.717, 1.165) is 18.5 Å². The molecule has 0 unspecified atom stereocenters. The molecule has 14 heavy (non-hydrogen) atoms. The molecule has 3 heteroatoms. The lowest BCUT2D eigenvalue weighted by Crippen LogP contribution is -2.34. The number of ether oxygens (including phenoxy) is 1. The van der Waals surface area contributed by atoms with Gasteiger partial charge in [-0.25, -0.2) is 0 Å².